The summed E-state index contributed by atoms with van der Waals surface area (Å²) in [7, 11) is -5.64. The van der Waals surface area contributed by atoms with Gasteiger partial charge in [-0.1, -0.05) is 26.0 Å². The fourth-order valence-electron chi connectivity index (χ4n) is 2.92. The van der Waals surface area contributed by atoms with Crippen LogP contribution in [-0.4, -0.2) is 13.9 Å². The lowest BCUT2D eigenvalue weighted by Gasteiger charge is -2.29. The van der Waals surface area contributed by atoms with Crippen molar-refractivity contribution in [2.45, 2.75) is 45.0 Å². The molecule has 3 nitrogen and oxygen atoms in total. The molecule has 1 aromatic carbocycles. The molecule has 0 spiro atoms. The van der Waals surface area contributed by atoms with Crippen molar-refractivity contribution in [3.63, 3.8) is 0 Å². The summed E-state index contributed by atoms with van der Waals surface area (Å²) in [6, 6.07) is 3.44. The molecule has 0 N–H and O–H groups in total. The Bertz CT molecular complexity index is 650. The Hall–Kier alpha value is -1.24. The predicted octanol–water partition coefficient (Wildman–Crippen LogP) is 3.91. The van der Waals surface area contributed by atoms with Crippen LogP contribution in [0.3, 0.4) is 0 Å². The lowest BCUT2D eigenvalue weighted by molar-refractivity contribution is -0.0500. The number of benzene rings is 1. The van der Waals surface area contributed by atoms with Gasteiger partial charge in [0.2, 0.25) is 0 Å². The van der Waals surface area contributed by atoms with Crippen LogP contribution in [0.4, 0.5) is 13.2 Å². The van der Waals surface area contributed by atoms with Crippen LogP contribution in [0.25, 0.3) is 0 Å². The third kappa shape index (κ3) is 3.02. The zero-order valence-electron chi connectivity index (χ0n) is 12.0. The average molecular weight is 322 g/mol. The van der Waals surface area contributed by atoms with Crippen LogP contribution < -0.4 is 4.18 Å². The molecule has 0 aliphatic heterocycles. The van der Waals surface area contributed by atoms with Gasteiger partial charge in [-0.15, -0.1) is 0 Å². The molecule has 0 radical (unpaired) electrons. The second-order valence-electron chi connectivity index (χ2n) is 5.71. The molecule has 0 fully saturated rings. The molecule has 7 heteroatoms. The standard InChI is InChI=1S/C14H17F3O3S/c1-8-6-10(3)12-11(7-8)5-4-9(2)13(12)20-21(18,19)14(15,16)17/h4-5,8,10H,6-7H2,1-3H3/t8?,10-/m1/s1. The van der Waals surface area contributed by atoms with Crippen LogP contribution >= 0.6 is 0 Å². The van der Waals surface area contributed by atoms with Crippen LogP contribution in [-0.2, 0) is 16.5 Å². The van der Waals surface area contributed by atoms with E-state index in [1.54, 1.807) is 13.0 Å². The smallest absolute Gasteiger partial charge is 0.375 e. The van der Waals surface area contributed by atoms with E-state index in [9.17, 15) is 21.6 Å². The van der Waals surface area contributed by atoms with Crippen molar-refractivity contribution in [2.24, 2.45) is 5.92 Å². The van der Waals surface area contributed by atoms with Gasteiger partial charge in [0.05, 0.1) is 0 Å². The van der Waals surface area contributed by atoms with Crippen molar-refractivity contribution in [1.29, 1.82) is 0 Å². The normalized spacial score (nSPS) is 22.8. The number of fused-ring (bicyclic) bond motifs is 1. The van der Waals surface area contributed by atoms with E-state index in [-0.39, 0.29) is 11.7 Å². The first kappa shape index (κ1) is 16.1. The van der Waals surface area contributed by atoms with E-state index in [0.717, 1.165) is 12.0 Å². The SMILES string of the molecule is Cc1ccc2c(c1OS(=O)(=O)C(F)(F)F)[C@H](C)CC(C)C2. The molecule has 0 bridgehead atoms. The summed E-state index contributed by atoms with van der Waals surface area (Å²) in [6.07, 6.45) is 1.50. The third-order valence-electron chi connectivity index (χ3n) is 3.78. The van der Waals surface area contributed by atoms with E-state index >= 15 is 0 Å². The Morgan fingerprint density at radius 3 is 2.43 bits per heavy atom. The molecule has 1 aromatic rings. The summed E-state index contributed by atoms with van der Waals surface area (Å²) in [6.45, 7) is 5.49. The fraction of sp³-hybridized carbons (Fsp3) is 0.571. The number of rotatable bonds is 2. The first-order valence-corrected chi connectivity index (χ1v) is 8.07. The van der Waals surface area contributed by atoms with Crippen LogP contribution in [0.15, 0.2) is 12.1 Å². The minimum atomic E-state index is -5.64. The molecule has 0 heterocycles. The molecular formula is C14H17F3O3S. The summed E-state index contributed by atoms with van der Waals surface area (Å²) < 4.78 is 64.6. The lowest BCUT2D eigenvalue weighted by atomic mass is 9.77. The molecule has 0 saturated carbocycles. The van der Waals surface area contributed by atoms with Gasteiger partial charge in [-0.3, -0.25) is 0 Å². The van der Waals surface area contributed by atoms with E-state index in [1.165, 1.54) is 0 Å². The maximum atomic E-state index is 12.5. The van der Waals surface area contributed by atoms with Gasteiger partial charge in [0, 0.05) is 5.56 Å². The molecule has 1 unspecified atom stereocenters. The van der Waals surface area contributed by atoms with Crippen molar-refractivity contribution < 1.29 is 25.8 Å². The Balaban J connectivity index is 2.53. The Labute approximate surface area is 122 Å². The Morgan fingerprint density at radius 1 is 1.24 bits per heavy atom. The fourth-order valence-corrected chi connectivity index (χ4v) is 3.45. The highest BCUT2D eigenvalue weighted by Gasteiger charge is 2.49. The molecule has 1 aliphatic carbocycles. The zero-order chi connectivity index (χ0) is 16.0. The van der Waals surface area contributed by atoms with E-state index in [4.69, 9.17) is 0 Å². The predicted molar refractivity (Wildman–Crippen MR) is 72.7 cm³/mol. The molecular weight excluding hydrogens is 305 g/mol. The molecule has 0 aromatic heterocycles. The largest absolute Gasteiger partial charge is 0.534 e. The molecule has 118 valence electrons. The van der Waals surface area contributed by atoms with Crippen molar-refractivity contribution in [3.8, 4) is 5.75 Å². The maximum absolute atomic E-state index is 12.5. The Kier molecular flexibility index (Phi) is 3.99. The molecule has 2 rings (SSSR count). The van der Waals surface area contributed by atoms with Crippen LogP contribution in [0.1, 0.15) is 42.9 Å². The number of alkyl halides is 3. The lowest BCUT2D eigenvalue weighted by Crippen LogP contribution is -2.29. The van der Waals surface area contributed by atoms with Crippen molar-refractivity contribution >= 4 is 10.1 Å². The van der Waals surface area contributed by atoms with Crippen molar-refractivity contribution in [2.75, 3.05) is 0 Å². The first-order valence-electron chi connectivity index (χ1n) is 6.66. The van der Waals surface area contributed by atoms with Gasteiger partial charge in [0.15, 0.2) is 0 Å². The monoisotopic (exact) mass is 322 g/mol. The number of aryl methyl sites for hydroxylation is 1. The van der Waals surface area contributed by atoms with Gasteiger partial charge in [0.1, 0.15) is 5.75 Å². The van der Waals surface area contributed by atoms with E-state index in [2.05, 4.69) is 11.1 Å². The third-order valence-corrected chi connectivity index (χ3v) is 4.73. The Morgan fingerprint density at radius 2 is 1.86 bits per heavy atom. The van der Waals surface area contributed by atoms with Crippen molar-refractivity contribution in [3.05, 3.63) is 28.8 Å². The average Bonchev–Trinajstić information content (AvgIpc) is 2.30. The minimum absolute atomic E-state index is 0.0397. The molecule has 2 atom stereocenters. The molecule has 21 heavy (non-hydrogen) atoms. The summed E-state index contributed by atoms with van der Waals surface area (Å²) in [5.41, 5.74) is -3.59. The summed E-state index contributed by atoms with van der Waals surface area (Å²) >= 11 is 0. The molecule has 0 saturated heterocycles. The highest BCUT2D eigenvalue weighted by Crippen LogP contribution is 2.43. The van der Waals surface area contributed by atoms with Gasteiger partial charge < -0.3 is 4.18 Å². The summed E-state index contributed by atoms with van der Waals surface area (Å²) in [5.74, 6) is 0.202. The zero-order valence-corrected chi connectivity index (χ0v) is 12.8. The number of halogens is 3. The summed E-state index contributed by atoms with van der Waals surface area (Å²) in [5, 5.41) is 0. The van der Waals surface area contributed by atoms with E-state index in [1.807, 2.05) is 13.0 Å². The minimum Gasteiger partial charge on any atom is -0.375 e. The van der Waals surface area contributed by atoms with Gasteiger partial charge in [0.25, 0.3) is 0 Å². The second-order valence-corrected chi connectivity index (χ2v) is 7.25. The van der Waals surface area contributed by atoms with Crippen LogP contribution in [0, 0.1) is 12.8 Å². The quantitative estimate of drug-likeness (QED) is 0.612. The van der Waals surface area contributed by atoms with E-state index in [0.29, 0.717) is 23.5 Å². The van der Waals surface area contributed by atoms with E-state index < -0.39 is 15.6 Å². The number of hydrogen-bond donors (Lipinski definition) is 0. The summed E-state index contributed by atoms with van der Waals surface area (Å²) in [4.78, 5) is 0. The highest BCUT2D eigenvalue weighted by molar-refractivity contribution is 7.88. The van der Waals surface area contributed by atoms with Gasteiger partial charge in [-0.25, -0.2) is 0 Å². The second kappa shape index (κ2) is 5.19. The van der Waals surface area contributed by atoms with Crippen molar-refractivity contribution in [1.82, 2.24) is 0 Å². The molecule has 1 aliphatic rings. The van der Waals surface area contributed by atoms with Crippen LogP contribution in [0.2, 0.25) is 0 Å². The van der Waals surface area contributed by atoms with Gasteiger partial charge in [-0.2, -0.15) is 21.6 Å². The first-order chi connectivity index (χ1) is 9.53. The van der Waals surface area contributed by atoms with Crippen LogP contribution in [0.5, 0.6) is 5.75 Å². The number of hydrogen-bond acceptors (Lipinski definition) is 3. The molecule has 0 amide bonds. The van der Waals surface area contributed by atoms with Gasteiger partial charge >= 0.3 is 15.6 Å². The topological polar surface area (TPSA) is 43.4 Å². The van der Waals surface area contributed by atoms with Gasteiger partial charge in [-0.05, 0) is 42.7 Å². The maximum Gasteiger partial charge on any atom is 0.534 e. The highest BCUT2D eigenvalue weighted by atomic mass is 32.2.